The second-order valence-corrected chi connectivity index (χ2v) is 4.59. The largest absolute Gasteiger partial charge is 0.298 e. The van der Waals surface area contributed by atoms with Gasteiger partial charge in [0, 0.05) is 17.8 Å². The summed E-state index contributed by atoms with van der Waals surface area (Å²) in [6.45, 7) is 5.67. The summed E-state index contributed by atoms with van der Waals surface area (Å²) >= 11 is 0. The average molecular weight is 246 g/mol. The van der Waals surface area contributed by atoms with Crippen LogP contribution in [0.5, 0.6) is 0 Å². The Bertz CT molecular complexity index is 587. The quantitative estimate of drug-likeness (QED) is 0.778. The third-order valence-electron chi connectivity index (χ3n) is 2.85. The molecule has 0 aliphatic rings. The van der Waals surface area contributed by atoms with Gasteiger partial charge in [-0.05, 0) is 44.5 Å². The minimum atomic E-state index is -0.255. The van der Waals surface area contributed by atoms with Crippen molar-refractivity contribution in [3.63, 3.8) is 0 Å². The van der Waals surface area contributed by atoms with E-state index in [-0.39, 0.29) is 11.9 Å². The van der Waals surface area contributed by atoms with E-state index in [9.17, 15) is 9.18 Å². The number of halogens is 1. The van der Waals surface area contributed by atoms with Crippen LogP contribution in [0.4, 0.5) is 4.39 Å². The van der Waals surface area contributed by atoms with Crippen molar-refractivity contribution in [2.75, 3.05) is 0 Å². The number of hydrogen-bond donors (Lipinski definition) is 0. The highest BCUT2D eigenvalue weighted by Crippen LogP contribution is 2.24. The molecule has 2 rings (SSSR count). The maximum Gasteiger partial charge on any atom is 0.153 e. The summed E-state index contributed by atoms with van der Waals surface area (Å²) in [5.41, 5.74) is 2.43. The van der Waals surface area contributed by atoms with Crippen LogP contribution in [0.3, 0.4) is 0 Å². The van der Waals surface area contributed by atoms with Crippen LogP contribution < -0.4 is 0 Å². The molecule has 0 atom stereocenters. The maximum absolute atomic E-state index is 13.2. The van der Waals surface area contributed by atoms with E-state index in [1.165, 1.54) is 6.07 Å². The molecular formula is C14H15FN2O. The fourth-order valence-electron chi connectivity index (χ4n) is 1.77. The third kappa shape index (κ3) is 2.18. The number of hydrogen-bond acceptors (Lipinski definition) is 2. The summed E-state index contributed by atoms with van der Waals surface area (Å²) in [7, 11) is 0. The Hall–Kier alpha value is -1.97. The van der Waals surface area contributed by atoms with Gasteiger partial charge < -0.3 is 0 Å². The molecule has 1 aromatic carbocycles. The summed E-state index contributed by atoms with van der Waals surface area (Å²) in [6.07, 6.45) is 2.49. The molecule has 0 saturated heterocycles. The van der Waals surface area contributed by atoms with Crippen molar-refractivity contribution in [1.29, 1.82) is 0 Å². The zero-order valence-electron chi connectivity index (χ0n) is 10.6. The van der Waals surface area contributed by atoms with Crippen LogP contribution in [0.1, 0.15) is 35.8 Å². The Morgan fingerprint density at radius 3 is 2.67 bits per heavy atom. The number of rotatable bonds is 3. The first-order chi connectivity index (χ1) is 8.52. The van der Waals surface area contributed by atoms with Crippen molar-refractivity contribution in [1.82, 2.24) is 9.78 Å². The lowest BCUT2D eigenvalue weighted by molar-refractivity contribution is 0.112. The van der Waals surface area contributed by atoms with Crippen LogP contribution in [0, 0.1) is 12.7 Å². The normalized spacial score (nSPS) is 10.9. The molecule has 18 heavy (non-hydrogen) atoms. The van der Waals surface area contributed by atoms with Crippen molar-refractivity contribution in [3.05, 3.63) is 41.3 Å². The summed E-state index contributed by atoms with van der Waals surface area (Å²) in [4.78, 5) is 11.1. The lowest BCUT2D eigenvalue weighted by Crippen LogP contribution is -2.00. The predicted octanol–water partition coefficient (Wildman–Crippen LogP) is 3.39. The summed E-state index contributed by atoms with van der Waals surface area (Å²) < 4.78 is 15.0. The number of nitrogens with zero attached hydrogens (tertiary/aromatic N) is 2. The van der Waals surface area contributed by atoms with Crippen molar-refractivity contribution in [2.45, 2.75) is 26.8 Å². The predicted molar refractivity (Wildman–Crippen MR) is 68.1 cm³/mol. The topological polar surface area (TPSA) is 34.9 Å². The fraction of sp³-hybridized carbons (Fsp3) is 0.286. The Labute approximate surface area is 105 Å². The van der Waals surface area contributed by atoms with Crippen LogP contribution in [0.2, 0.25) is 0 Å². The number of aryl methyl sites for hydroxylation is 1. The summed E-state index contributed by atoms with van der Waals surface area (Å²) in [6, 6.07) is 4.92. The Kier molecular flexibility index (Phi) is 3.28. The van der Waals surface area contributed by atoms with Crippen LogP contribution in [0.25, 0.3) is 11.3 Å². The monoisotopic (exact) mass is 246 g/mol. The molecule has 0 bridgehead atoms. The van der Waals surface area contributed by atoms with E-state index in [1.54, 1.807) is 29.9 Å². The third-order valence-corrected chi connectivity index (χ3v) is 2.85. The van der Waals surface area contributed by atoms with Gasteiger partial charge in [0.15, 0.2) is 6.29 Å². The molecule has 1 aromatic heterocycles. The van der Waals surface area contributed by atoms with E-state index < -0.39 is 0 Å². The van der Waals surface area contributed by atoms with Gasteiger partial charge in [-0.1, -0.05) is 0 Å². The van der Waals surface area contributed by atoms with Crippen molar-refractivity contribution in [2.24, 2.45) is 0 Å². The summed E-state index contributed by atoms with van der Waals surface area (Å²) in [5.74, 6) is -0.255. The van der Waals surface area contributed by atoms with Gasteiger partial charge in [0.25, 0.3) is 0 Å². The van der Waals surface area contributed by atoms with Gasteiger partial charge in [0.2, 0.25) is 0 Å². The van der Waals surface area contributed by atoms with Gasteiger partial charge in [-0.15, -0.1) is 0 Å². The van der Waals surface area contributed by atoms with Gasteiger partial charge >= 0.3 is 0 Å². The molecule has 0 radical (unpaired) electrons. The molecule has 0 N–H and O–H groups in total. The number of aldehydes is 1. The summed E-state index contributed by atoms with van der Waals surface area (Å²) in [5, 5.41) is 4.38. The first-order valence-electron chi connectivity index (χ1n) is 5.83. The lowest BCUT2D eigenvalue weighted by atomic mass is 10.1. The number of benzene rings is 1. The highest BCUT2D eigenvalue weighted by molar-refractivity contribution is 5.85. The van der Waals surface area contributed by atoms with Crippen LogP contribution in [0.15, 0.2) is 24.4 Å². The molecule has 0 unspecified atom stereocenters. The minimum Gasteiger partial charge on any atom is -0.298 e. The molecule has 0 aliphatic heterocycles. The second kappa shape index (κ2) is 4.72. The van der Waals surface area contributed by atoms with E-state index >= 15 is 0 Å². The number of carbonyl (C=O) groups excluding carboxylic acids is 1. The average Bonchev–Trinajstić information content (AvgIpc) is 2.77. The van der Waals surface area contributed by atoms with Gasteiger partial charge in [0.05, 0.1) is 5.56 Å². The van der Waals surface area contributed by atoms with Crippen LogP contribution in [-0.2, 0) is 0 Å². The Morgan fingerprint density at radius 2 is 2.11 bits per heavy atom. The van der Waals surface area contributed by atoms with E-state index in [0.29, 0.717) is 16.8 Å². The molecule has 0 saturated carbocycles. The molecular weight excluding hydrogens is 231 g/mol. The minimum absolute atomic E-state index is 0.180. The number of aromatic nitrogens is 2. The van der Waals surface area contributed by atoms with Crippen molar-refractivity contribution >= 4 is 6.29 Å². The zero-order valence-corrected chi connectivity index (χ0v) is 10.6. The SMILES string of the molecule is Cc1cc(-c2nn(C(C)C)cc2C=O)ccc1F. The fourth-order valence-corrected chi connectivity index (χ4v) is 1.77. The highest BCUT2D eigenvalue weighted by Gasteiger charge is 2.13. The molecule has 4 heteroatoms. The van der Waals surface area contributed by atoms with E-state index in [1.807, 2.05) is 13.8 Å². The second-order valence-electron chi connectivity index (χ2n) is 4.59. The van der Waals surface area contributed by atoms with Gasteiger partial charge in [0.1, 0.15) is 11.5 Å². The van der Waals surface area contributed by atoms with E-state index in [0.717, 1.165) is 11.8 Å². The highest BCUT2D eigenvalue weighted by atomic mass is 19.1. The molecule has 0 amide bonds. The molecule has 0 aliphatic carbocycles. The number of carbonyl (C=O) groups is 1. The van der Waals surface area contributed by atoms with E-state index in [2.05, 4.69) is 5.10 Å². The molecule has 3 nitrogen and oxygen atoms in total. The van der Waals surface area contributed by atoms with Crippen molar-refractivity contribution in [3.8, 4) is 11.3 Å². The van der Waals surface area contributed by atoms with Crippen LogP contribution >= 0.6 is 0 Å². The molecule has 0 fully saturated rings. The first kappa shape index (κ1) is 12.5. The smallest absolute Gasteiger partial charge is 0.153 e. The zero-order chi connectivity index (χ0) is 13.3. The first-order valence-corrected chi connectivity index (χ1v) is 5.83. The molecule has 1 heterocycles. The molecule has 0 spiro atoms. The Morgan fingerprint density at radius 1 is 1.39 bits per heavy atom. The Balaban J connectivity index is 2.55. The maximum atomic E-state index is 13.2. The van der Waals surface area contributed by atoms with E-state index in [4.69, 9.17) is 0 Å². The molecule has 2 aromatic rings. The standard InChI is InChI=1S/C14H15FN2O/c1-9(2)17-7-12(8-18)14(16-17)11-4-5-13(15)10(3)6-11/h4-9H,1-3H3. The van der Waals surface area contributed by atoms with Gasteiger partial charge in [-0.2, -0.15) is 5.10 Å². The van der Waals surface area contributed by atoms with Crippen LogP contribution in [-0.4, -0.2) is 16.1 Å². The van der Waals surface area contributed by atoms with Crippen molar-refractivity contribution < 1.29 is 9.18 Å². The molecule has 94 valence electrons. The lowest BCUT2D eigenvalue weighted by Gasteiger charge is -2.04. The van der Waals surface area contributed by atoms with Gasteiger partial charge in [-0.25, -0.2) is 4.39 Å². The van der Waals surface area contributed by atoms with Gasteiger partial charge in [-0.3, -0.25) is 9.48 Å².